The molecule has 0 fully saturated rings. The summed E-state index contributed by atoms with van der Waals surface area (Å²) in [7, 11) is 3.58. The lowest BCUT2D eigenvalue weighted by Gasteiger charge is -2.08. The van der Waals surface area contributed by atoms with Crippen molar-refractivity contribution in [2.45, 2.75) is 26.4 Å². The maximum atomic E-state index is 10.7. The van der Waals surface area contributed by atoms with E-state index >= 15 is 0 Å². The third-order valence-electron chi connectivity index (χ3n) is 1.43. The molecule has 0 aliphatic rings. The molecule has 2 nitrogen and oxygen atoms in total. The quantitative estimate of drug-likeness (QED) is 0.474. The van der Waals surface area contributed by atoms with Crippen LogP contribution in [-0.2, 0) is 9.53 Å². The fraction of sp³-hybridized carbons (Fsp3) is 0.875. The number of hydrogen-bond donors (Lipinski definition) is 0. The van der Waals surface area contributed by atoms with Gasteiger partial charge in [-0.15, -0.1) is 0 Å². The highest BCUT2D eigenvalue weighted by atomic mass is 33.1. The van der Waals surface area contributed by atoms with Crippen LogP contribution in [0.15, 0.2) is 0 Å². The molecule has 1 atom stereocenters. The first kappa shape index (κ1) is 12.3. The summed E-state index contributed by atoms with van der Waals surface area (Å²) in [5.74, 6) is 1.19. The minimum Gasteiger partial charge on any atom is -0.371 e. The fourth-order valence-corrected chi connectivity index (χ4v) is 1.83. The molecule has 0 radical (unpaired) electrons. The number of ether oxygens (including phenoxy) is 1. The van der Waals surface area contributed by atoms with Gasteiger partial charge in [0.05, 0.1) is 0 Å². The van der Waals surface area contributed by atoms with Crippen LogP contribution in [0.2, 0.25) is 0 Å². The molecule has 0 saturated heterocycles. The van der Waals surface area contributed by atoms with E-state index < -0.39 is 0 Å². The van der Waals surface area contributed by atoms with Gasteiger partial charge in [-0.2, -0.15) is 0 Å². The first-order chi connectivity index (χ1) is 5.68. The normalized spacial score (nSPS) is 12.9. The standard InChI is InChI=1S/C8H16O2S2/c1-7(9)8(2)10-5-4-6-12-11-3/h8H,4-6H2,1-3H3/t8-/m0/s1. The lowest BCUT2D eigenvalue weighted by Crippen LogP contribution is -2.18. The topological polar surface area (TPSA) is 26.3 Å². The van der Waals surface area contributed by atoms with Crippen molar-refractivity contribution in [1.29, 1.82) is 0 Å². The molecule has 0 amide bonds. The largest absolute Gasteiger partial charge is 0.371 e. The van der Waals surface area contributed by atoms with Gasteiger partial charge in [-0.1, -0.05) is 21.6 Å². The highest BCUT2D eigenvalue weighted by Gasteiger charge is 2.05. The van der Waals surface area contributed by atoms with Crippen molar-refractivity contribution < 1.29 is 9.53 Å². The molecular weight excluding hydrogens is 192 g/mol. The molecule has 0 saturated carbocycles. The summed E-state index contributed by atoms with van der Waals surface area (Å²) < 4.78 is 5.28. The number of ketones is 1. The Morgan fingerprint density at radius 3 is 2.75 bits per heavy atom. The smallest absolute Gasteiger partial charge is 0.158 e. The van der Waals surface area contributed by atoms with Crippen LogP contribution in [0.3, 0.4) is 0 Å². The van der Waals surface area contributed by atoms with Gasteiger partial charge in [-0.05, 0) is 26.5 Å². The van der Waals surface area contributed by atoms with Crippen LogP contribution >= 0.6 is 21.6 Å². The second-order valence-corrected chi connectivity index (χ2v) is 5.15. The van der Waals surface area contributed by atoms with E-state index in [0.29, 0.717) is 6.61 Å². The van der Waals surface area contributed by atoms with Crippen LogP contribution in [0.25, 0.3) is 0 Å². The second-order valence-electron chi connectivity index (χ2n) is 2.47. The molecule has 0 spiro atoms. The highest BCUT2D eigenvalue weighted by Crippen LogP contribution is 2.17. The lowest BCUT2D eigenvalue weighted by molar-refractivity contribution is -0.127. The highest BCUT2D eigenvalue weighted by molar-refractivity contribution is 8.76. The van der Waals surface area contributed by atoms with Crippen molar-refractivity contribution >= 4 is 27.4 Å². The summed E-state index contributed by atoms with van der Waals surface area (Å²) in [6.07, 6.45) is 2.84. The van der Waals surface area contributed by atoms with Gasteiger partial charge in [-0.25, -0.2) is 0 Å². The van der Waals surface area contributed by atoms with Crippen LogP contribution in [0.5, 0.6) is 0 Å². The van der Waals surface area contributed by atoms with Crippen molar-refractivity contribution in [3.8, 4) is 0 Å². The van der Waals surface area contributed by atoms with Gasteiger partial charge in [0.1, 0.15) is 6.10 Å². The molecule has 0 N–H and O–H groups in total. The minimum absolute atomic E-state index is 0.104. The minimum atomic E-state index is -0.232. The summed E-state index contributed by atoms with van der Waals surface area (Å²) in [6, 6.07) is 0. The summed E-state index contributed by atoms with van der Waals surface area (Å²) in [5, 5.41) is 0. The average molecular weight is 208 g/mol. The summed E-state index contributed by atoms with van der Waals surface area (Å²) >= 11 is 0. The van der Waals surface area contributed by atoms with E-state index in [1.807, 2.05) is 10.8 Å². The fourth-order valence-electron chi connectivity index (χ4n) is 0.579. The Hall–Kier alpha value is 0.330. The zero-order chi connectivity index (χ0) is 9.40. The predicted molar refractivity (Wildman–Crippen MR) is 56.7 cm³/mol. The summed E-state index contributed by atoms with van der Waals surface area (Å²) in [6.45, 7) is 4.04. The van der Waals surface area contributed by atoms with E-state index in [2.05, 4.69) is 6.26 Å². The third kappa shape index (κ3) is 7.00. The maximum Gasteiger partial charge on any atom is 0.158 e. The molecule has 0 aliphatic carbocycles. The first-order valence-corrected chi connectivity index (χ1v) is 6.69. The second kappa shape index (κ2) is 7.95. The van der Waals surface area contributed by atoms with Crippen LogP contribution in [0.4, 0.5) is 0 Å². The van der Waals surface area contributed by atoms with Crippen molar-refractivity contribution in [2.75, 3.05) is 18.6 Å². The molecule has 72 valence electrons. The van der Waals surface area contributed by atoms with E-state index in [9.17, 15) is 4.79 Å². The predicted octanol–water partition coefficient (Wildman–Crippen LogP) is 2.38. The van der Waals surface area contributed by atoms with Gasteiger partial charge >= 0.3 is 0 Å². The Kier molecular flexibility index (Phi) is 8.17. The Morgan fingerprint density at radius 1 is 1.58 bits per heavy atom. The maximum absolute atomic E-state index is 10.7. The van der Waals surface area contributed by atoms with Crippen molar-refractivity contribution in [1.82, 2.24) is 0 Å². The Labute approximate surface area is 82.2 Å². The van der Waals surface area contributed by atoms with E-state index in [1.54, 1.807) is 24.6 Å². The van der Waals surface area contributed by atoms with E-state index in [4.69, 9.17) is 4.74 Å². The van der Waals surface area contributed by atoms with E-state index in [0.717, 1.165) is 12.2 Å². The Balaban J connectivity index is 3.14. The molecule has 0 aromatic carbocycles. The van der Waals surface area contributed by atoms with Crippen LogP contribution in [-0.4, -0.2) is 30.5 Å². The Morgan fingerprint density at radius 2 is 2.25 bits per heavy atom. The number of carbonyl (C=O) groups excluding carboxylic acids is 1. The number of hydrogen-bond acceptors (Lipinski definition) is 4. The molecule has 0 aromatic rings. The van der Waals surface area contributed by atoms with Gasteiger partial charge in [-0.3, -0.25) is 4.79 Å². The summed E-state index contributed by atoms with van der Waals surface area (Å²) in [4.78, 5) is 10.7. The van der Waals surface area contributed by atoms with Gasteiger partial charge in [0, 0.05) is 12.4 Å². The zero-order valence-electron chi connectivity index (χ0n) is 7.83. The Bertz CT molecular complexity index is 128. The summed E-state index contributed by atoms with van der Waals surface area (Å²) in [5.41, 5.74) is 0. The van der Waals surface area contributed by atoms with Gasteiger partial charge in [0.25, 0.3) is 0 Å². The number of Topliss-reactive ketones (excluding diaryl/α,β-unsaturated/α-hetero) is 1. The average Bonchev–Trinajstić information content (AvgIpc) is 2.03. The monoisotopic (exact) mass is 208 g/mol. The zero-order valence-corrected chi connectivity index (χ0v) is 9.46. The van der Waals surface area contributed by atoms with Gasteiger partial charge in [0.15, 0.2) is 5.78 Å². The van der Waals surface area contributed by atoms with Crippen LogP contribution in [0, 0.1) is 0 Å². The van der Waals surface area contributed by atoms with Gasteiger partial charge < -0.3 is 4.74 Å². The molecule has 0 unspecified atom stereocenters. The molecule has 0 aromatic heterocycles. The van der Waals surface area contributed by atoms with Crippen molar-refractivity contribution in [2.24, 2.45) is 0 Å². The van der Waals surface area contributed by atoms with Crippen molar-refractivity contribution in [3.05, 3.63) is 0 Å². The number of carbonyl (C=O) groups is 1. The number of rotatable bonds is 7. The molecule has 12 heavy (non-hydrogen) atoms. The van der Waals surface area contributed by atoms with Gasteiger partial charge in [0.2, 0.25) is 0 Å². The molecule has 4 heteroatoms. The van der Waals surface area contributed by atoms with E-state index in [-0.39, 0.29) is 11.9 Å². The molecule has 0 rings (SSSR count). The lowest BCUT2D eigenvalue weighted by atomic mass is 10.3. The molecule has 0 bridgehead atoms. The van der Waals surface area contributed by atoms with Crippen molar-refractivity contribution in [3.63, 3.8) is 0 Å². The molecule has 0 aliphatic heterocycles. The SMILES string of the molecule is CSSCCCO[C@@H](C)C(C)=O. The third-order valence-corrected chi connectivity index (χ3v) is 3.33. The molecule has 0 heterocycles. The molecular formula is C8H16O2S2. The van der Waals surface area contributed by atoms with Crippen LogP contribution < -0.4 is 0 Å². The van der Waals surface area contributed by atoms with E-state index in [1.165, 1.54) is 0 Å². The first-order valence-electron chi connectivity index (χ1n) is 3.96. The van der Waals surface area contributed by atoms with Crippen LogP contribution in [0.1, 0.15) is 20.3 Å².